The van der Waals surface area contributed by atoms with Crippen LogP contribution < -0.4 is 10.4 Å². The lowest BCUT2D eigenvalue weighted by molar-refractivity contribution is -0.313. The number of thiophene rings is 1. The van der Waals surface area contributed by atoms with E-state index in [9.17, 15) is 20.0 Å². The van der Waals surface area contributed by atoms with Crippen molar-refractivity contribution in [2.75, 3.05) is 5.32 Å². The summed E-state index contributed by atoms with van der Waals surface area (Å²) < 4.78 is 0. The predicted molar refractivity (Wildman–Crippen MR) is 108 cm³/mol. The van der Waals surface area contributed by atoms with Gasteiger partial charge in [0.25, 0.3) is 0 Å². The molecule has 2 aliphatic carbocycles. The predicted octanol–water partition coefficient (Wildman–Crippen LogP) is 3.66. The topological polar surface area (TPSA) is 93.0 Å². The Labute approximate surface area is 171 Å². The van der Waals surface area contributed by atoms with E-state index in [4.69, 9.17) is 0 Å². The van der Waals surface area contributed by atoms with E-state index in [-0.39, 0.29) is 11.3 Å². The Morgan fingerprint density at radius 2 is 1.93 bits per heavy atom. The lowest BCUT2D eigenvalue weighted by Gasteiger charge is -2.36. The van der Waals surface area contributed by atoms with E-state index in [1.54, 1.807) is 0 Å². The first-order valence-electron chi connectivity index (χ1n) is 10.3. The number of nitrogens with one attached hydrogen (secondary N) is 1. The van der Waals surface area contributed by atoms with Crippen molar-refractivity contribution in [2.24, 2.45) is 23.2 Å². The molecular weight excluding hydrogens is 372 g/mol. The summed E-state index contributed by atoms with van der Waals surface area (Å²) >= 11 is 1.50. The van der Waals surface area contributed by atoms with Gasteiger partial charge in [0.1, 0.15) is 11.1 Å². The third kappa shape index (κ3) is 3.96. The fourth-order valence-corrected chi connectivity index (χ4v) is 5.96. The molecule has 0 aliphatic heterocycles. The number of nitriles is 1. The third-order valence-corrected chi connectivity index (χ3v) is 8.21. The molecular formula is C22H29N2O3S-. The summed E-state index contributed by atoms with van der Waals surface area (Å²) in [5, 5.41) is 24.6. The van der Waals surface area contributed by atoms with Crippen molar-refractivity contribution in [1.82, 2.24) is 0 Å². The van der Waals surface area contributed by atoms with Gasteiger partial charge in [0, 0.05) is 22.7 Å². The molecule has 152 valence electrons. The maximum absolute atomic E-state index is 12.8. The molecule has 28 heavy (non-hydrogen) atoms. The van der Waals surface area contributed by atoms with Crippen LogP contribution in [0.1, 0.15) is 75.3 Å². The number of carboxylic acids is 1. The number of rotatable bonds is 5. The zero-order chi connectivity index (χ0) is 20.5. The Hall–Kier alpha value is -1.87. The van der Waals surface area contributed by atoms with Crippen molar-refractivity contribution in [3.05, 3.63) is 16.0 Å². The number of aliphatic carboxylic acids is 1. The van der Waals surface area contributed by atoms with Crippen molar-refractivity contribution >= 4 is 28.2 Å². The van der Waals surface area contributed by atoms with Crippen LogP contribution in [0.5, 0.6) is 0 Å². The van der Waals surface area contributed by atoms with Crippen molar-refractivity contribution in [2.45, 2.75) is 72.1 Å². The van der Waals surface area contributed by atoms with E-state index in [1.165, 1.54) is 16.2 Å². The zero-order valence-electron chi connectivity index (χ0n) is 17.0. The number of amides is 1. The zero-order valence-corrected chi connectivity index (χ0v) is 17.8. The average Bonchev–Trinajstić information content (AvgIpc) is 3.03. The third-order valence-electron chi connectivity index (χ3n) is 7.04. The standard InChI is InChI=1S/C22H30N2O3S/c1-4-22(2,3)13-9-10-14-17(12-23)20(28-18(14)11-13)24-19(25)15-7-5-6-8-16(15)21(26)27/h13,15-16H,4-11H2,1-3H3,(H,24,25)(H,26,27)/p-1/t13-,15-,16-/m0/s1. The summed E-state index contributed by atoms with van der Waals surface area (Å²) in [6, 6.07) is 2.28. The Balaban J connectivity index is 1.81. The molecule has 1 aromatic heterocycles. The van der Waals surface area contributed by atoms with Gasteiger partial charge in [-0.15, -0.1) is 11.3 Å². The molecule has 0 radical (unpaired) electrons. The summed E-state index contributed by atoms with van der Waals surface area (Å²) in [7, 11) is 0. The van der Waals surface area contributed by atoms with Gasteiger partial charge in [-0.2, -0.15) is 5.26 Å². The van der Waals surface area contributed by atoms with Gasteiger partial charge in [0.05, 0.1) is 5.56 Å². The van der Waals surface area contributed by atoms with Gasteiger partial charge < -0.3 is 15.2 Å². The molecule has 3 atom stereocenters. The van der Waals surface area contributed by atoms with Crippen LogP contribution in [0, 0.1) is 34.5 Å². The van der Waals surface area contributed by atoms with Gasteiger partial charge in [-0.3, -0.25) is 4.79 Å². The van der Waals surface area contributed by atoms with Crippen molar-refractivity contribution in [3.63, 3.8) is 0 Å². The minimum atomic E-state index is -1.14. The molecule has 0 saturated heterocycles. The molecule has 5 nitrogen and oxygen atoms in total. The van der Waals surface area contributed by atoms with Gasteiger partial charge in [0.2, 0.25) is 5.91 Å². The minimum Gasteiger partial charge on any atom is -0.550 e. The first kappa shape index (κ1) is 20.9. The van der Waals surface area contributed by atoms with Gasteiger partial charge in [-0.1, -0.05) is 40.0 Å². The molecule has 0 bridgehead atoms. The first-order chi connectivity index (χ1) is 13.3. The van der Waals surface area contributed by atoms with E-state index < -0.39 is 17.8 Å². The first-order valence-corrected chi connectivity index (χ1v) is 11.2. The fourth-order valence-electron chi connectivity index (χ4n) is 4.68. The van der Waals surface area contributed by atoms with E-state index in [0.717, 1.165) is 44.1 Å². The van der Waals surface area contributed by atoms with Crippen LogP contribution in [-0.4, -0.2) is 11.9 Å². The molecule has 2 aliphatic rings. The highest BCUT2D eigenvalue weighted by Gasteiger charge is 2.36. The SMILES string of the molecule is CCC(C)(C)[C@H]1CCc2c(sc(NC(=O)[C@H]3CCCC[C@@H]3C(=O)[O-])c2C#N)C1. The van der Waals surface area contributed by atoms with E-state index >= 15 is 0 Å². The summed E-state index contributed by atoms with van der Waals surface area (Å²) in [5.41, 5.74) is 1.90. The molecule has 0 aromatic carbocycles. The summed E-state index contributed by atoms with van der Waals surface area (Å²) in [5.74, 6) is -2.16. The molecule has 1 aromatic rings. The molecule has 1 amide bonds. The molecule has 0 unspecified atom stereocenters. The van der Waals surface area contributed by atoms with Crippen LogP contribution >= 0.6 is 11.3 Å². The number of carboxylic acid groups (broad SMARTS) is 1. The second-order valence-electron chi connectivity index (χ2n) is 8.91. The van der Waals surface area contributed by atoms with E-state index in [1.807, 2.05) is 0 Å². The molecule has 6 heteroatoms. The van der Waals surface area contributed by atoms with Gasteiger partial charge in [-0.25, -0.2) is 0 Å². The second-order valence-corrected chi connectivity index (χ2v) is 10.0. The van der Waals surface area contributed by atoms with Gasteiger partial charge >= 0.3 is 0 Å². The lowest BCUT2D eigenvalue weighted by atomic mass is 9.69. The van der Waals surface area contributed by atoms with Crippen LogP contribution in [0.15, 0.2) is 0 Å². The number of hydrogen-bond donors (Lipinski definition) is 1. The van der Waals surface area contributed by atoms with Crippen LogP contribution in [0.2, 0.25) is 0 Å². The molecule has 1 saturated carbocycles. The monoisotopic (exact) mass is 401 g/mol. The number of carbonyl (C=O) groups is 2. The molecule has 1 N–H and O–H groups in total. The molecule has 1 fully saturated rings. The van der Waals surface area contributed by atoms with Crippen molar-refractivity contribution in [1.29, 1.82) is 5.26 Å². The smallest absolute Gasteiger partial charge is 0.228 e. The van der Waals surface area contributed by atoms with Crippen molar-refractivity contribution in [3.8, 4) is 6.07 Å². The van der Waals surface area contributed by atoms with E-state index in [2.05, 4.69) is 32.2 Å². The quantitative estimate of drug-likeness (QED) is 0.815. The molecule has 0 spiro atoms. The van der Waals surface area contributed by atoms with Crippen LogP contribution in [0.3, 0.4) is 0 Å². The Morgan fingerprint density at radius 3 is 2.54 bits per heavy atom. The fraction of sp³-hybridized carbons (Fsp3) is 0.682. The average molecular weight is 402 g/mol. The van der Waals surface area contributed by atoms with E-state index in [0.29, 0.717) is 29.3 Å². The van der Waals surface area contributed by atoms with Crippen molar-refractivity contribution < 1.29 is 14.7 Å². The Bertz CT molecular complexity index is 805. The Morgan fingerprint density at radius 1 is 1.25 bits per heavy atom. The van der Waals surface area contributed by atoms with Crippen LogP contribution in [0.25, 0.3) is 0 Å². The molecule has 3 rings (SSSR count). The lowest BCUT2D eigenvalue weighted by Crippen LogP contribution is -2.42. The summed E-state index contributed by atoms with van der Waals surface area (Å²) in [6.07, 6.45) is 6.68. The van der Waals surface area contributed by atoms with Gasteiger partial charge in [0.15, 0.2) is 0 Å². The minimum absolute atomic E-state index is 0.252. The summed E-state index contributed by atoms with van der Waals surface area (Å²) in [4.78, 5) is 25.4. The number of nitrogens with zero attached hydrogens (tertiary/aromatic N) is 1. The number of hydrogen-bond acceptors (Lipinski definition) is 5. The van der Waals surface area contributed by atoms with Gasteiger partial charge in [-0.05, 0) is 49.0 Å². The Kier molecular flexibility index (Phi) is 6.14. The highest BCUT2D eigenvalue weighted by atomic mass is 32.1. The highest BCUT2D eigenvalue weighted by molar-refractivity contribution is 7.16. The largest absolute Gasteiger partial charge is 0.550 e. The van der Waals surface area contributed by atoms with Crippen LogP contribution in [-0.2, 0) is 22.4 Å². The number of fused-ring (bicyclic) bond motifs is 1. The van der Waals surface area contributed by atoms with Crippen LogP contribution in [0.4, 0.5) is 5.00 Å². The highest BCUT2D eigenvalue weighted by Crippen LogP contribution is 2.45. The number of carbonyl (C=O) groups excluding carboxylic acids is 2. The maximum Gasteiger partial charge on any atom is 0.228 e. The molecule has 1 heterocycles. The number of anilines is 1. The maximum atomic E-state index is 12.8. The normalized spacial score (nSPS) is 24.9. The second kappa shape index (κ2) is 8.24. The summed E-state index contributed by atoms with van der Waals surface area (Å²) in [6.45, 7) is 6.81.